The molecule has 0 aromatic heterocycles. The number of nitrogens with two attached hydrogens (primary N) is 1. The van der Waals surface area contributed by atoms with E-state index in [1.165, 1.54) is 6.08 Å². The second-order valence-electron chi connectivity index (χ2n) is 10.4. The molecule has 0 aliphatic heterocycles. The van der Waals surface area contributed by atoms with Gasteiger partial charge in [0.1, 0.15) is 12.1 Å². The van der Waals surface area contributed by atoms with E-state index < -0.39 is 52.2 Å². The number of amides is 3. The van der Waals surface area contributed by atoms with Crippen molar-refractivity contribution in [3.63, 3.8) is 0 Å². The van der Waals surface area contributed by atoms with Crippen molar-refractivity contribution in [2.45, 2.75) is 57.8 Å². The molecule has 3 atom stereocenters. The second kappa shape index (κ2) is 16.9. The van der Waals surface area contributed by atoms with Gasteiger partial charge >= 0.3 is 0 Å². The molecule has 12 nitrogen and oxygen atoms in total. The van der Waals surface area contributed by atoms with Gasteiger partial charge in [-0.1, -0.05) is 79.6 Å². The number of carbonyl (C=O) groups excluding carboxylic acids is 3. The van der Waals surface area contributed by atoms with E-state index in [0.717, 1.165) is 28.4 Å². The molecule has 0 fully saturated rings. The van der Waals surface area contributed by atoms with E-state index >= 15 is 0 Å². The van der Waals surface area contributed by atoms with Crippen LogP contribution in [0.25, 0.3) is 10.4 Å². The molecule has 0 saturated carbocycles. The van der Waals surface area contributed by atoms with Gasteiger partial charge in [0.2, 0.25) is 17.7 Å². The third-order valence-electron chi connectivity index (χ3n) is 6.15. The maximum atomic E-state index is 13.0. The summed E-state index contributed by atoms with van der Waals surface area (Å²) in [5.74, 6) is -1.70. The number of benzene rings is 2. The van der Waals surface area contributed by atoms with Crippen LogP contribution in [-0.2, 0) is 43.6 Å². The van der Waals surface area contributed by atoms with Gasteiger partial charge in [-0.3, -0.25) is 14.4 Å². The number of rotatable bonds is 16. The van der Waals surface area contributed by atoms with E-state index in [-0.39, 0.29) is 18.8 Å². The standard InChI is InChI=1S/C29H39N7O5S/c1-20(2)15-25(34-29(39)26(35-36-31)17-21-7-5-4-6-8-21)28(38)32-19-27(37)33-24(13-14-42(3,40)41)16-22-9-11-23(18-30)12-10-22/h4-14,20,24-26H,15-19,30H2,1-3H3,(H,32,38)(H,33,37)(H,34,39)/b14-13+/t24-,25+,26?/m1/s1. The van der Waals surface area contributed by atoms with Crippen molar-refractivity contribution in [3.8, 4) is 0 Å². The molecule has 0 heterocycles. The van der Waals surface area contributed by atoms with Crippen LogP contribution in [0.4, 0.5) is 0 Å². The minimum Gasteiger partial charge on any atom is -0.348 e. The minimum absolute atomic E-state index is 0.0260. The fourth-order valence-electron chi connectivity index (χ4n) is 4.07. The summed E-state index contributed by atoms with van der Waals surface area (Å²) in [6.07, 6.45) is 3.19. The number of azide groups is 1. The van der Waals surface area contributed by atoms with Gasteiger partial charge in [0.05, 0.1) is 12.6 Å². The molecule has 2 aromatic carbocycles. The van der Waals surface area contributed by atoms with Crippen molar-refractivity contribution in [3.05, 3.63) is 93.2 Å². The molecular weight excluding hydrogens is 558 g/mol. The largest absolute Gasteiger partial charge is 0.348 e. The van der Waals surface area contributed by atoms with Crippen molar-refractivity contribution < 1.29 is 22.8 Å². The van der Waals surface area contributed by atoms with Crippen LogP contribution in [-0.4, -0.2) is 57.1 Å². The van der Waals surface area contributed by atoms with E-state index in [1.807, 2.05) is 44.2 Å². The van der Waals surface area contributed by atoms with E-state index in [4.69, 9.17) is 11.3 Å². The zero-order valence-electron chi connectivity index (χ0n) is 24.1. The van der Waals surface area contributed by atoms with Gasteiger partial charge in [-0.15, -0.1) is 0 Å². The van der Waals surface area contributed by atoms with Gasteiger partial charge in [0.25, 0.3) is 0 Å². The number of carbonyl (C=O) groups is 3. The number of nitrogens with zero attached hydrogens (tertiary/aromatic N) is 3. The molecule has 3 amide bonds. The molecule has 42 heavy (non-hydrogen) atoms. The summed E-state index contributed by atoms with van der Waals surface area (Å²) in [4.78, 5) is 41.6. The summed E-state index contributed by atoms with van der Waals surface area (Å²) < 4.78 is 23.4. The molecule has 1 unspecified atom stereocenters. The lowest BCUT2D eigenvalue weighted by molar-refractivity contribution is -0.131. The van der Waals surface area contributed by atoms with Crippen LogP contribution in [0.2, 0.25) is 0 Å². The normalized spacial score (nSPS) is 13.5. The Balaban J connectivity index is 2.06. The van der Waals surface area contributed by atoms with E-state index in [0.29, 0.717) is 13.0 Å². The number of nitrogens with one attached hydrogen (secondary N) is 3. The topological polar surface area (TPSA) is 196 Å². The summed E-state index contributed by atoms with van der Waals surface area (Å²) >= 11 is 0. The molecule has 2 aromatic rings. The van der Waals surface area contributed by atoms with Crippen LogP contribution in [0.3, 0.4) is 0 Å². The minimum atomic E-state index is -3.44. The average Bonchev–Trinajstić information content (AvgIpc) is 2.94. The first kappa shape index (κ1) is 34.0. The summed E-state index contributed by atoms with van der Waals surface area (Å²) in [7, 11) is -3.44. The van der Waals surface area contributed by atoms with Gasteiger partial charge in [0.15, 0.2) is 9.84 Å². The Morgan fingerprint density at radius 2 is 1.57 bits per heavy atom. The van der Waals surface area contributed by atoms with Gasteiger partial charge < -0.3 is 21.7 Å². The number of sulfone groups is 1. The summed E-state index contributed by atoms with van der Waals surface area (Å²) in [6.45, 7) is 3.74. The SMILES string of the molecule is CC(C)C[C@H](NC(=O)C(Cc1ccccc1)N=[N+]=[N-])C(=O)NCC(=O)N[C@H](/C=C/S(C)(=O)=O)Cc1ccc(CN)cc1. The van der Waals surface area contributed by atoms with Crippen molar-refractivity contribution in [2.24, 2.45) is 16.8 Å². The van der Waals surface area contributed by atoms with Crippen LogP contribution in [0.5, 0.6) is 0 Å². The Kier molecular flexibility index (Phi) is 13.7. The second-order valence-corrected chi connectivity index (χ2v) is 12.3. The van der Waals surface area contributed by atoms with Crippen LogP contribution >= 0.6 is 0 Å². The maximum Gasteiger partial charge on any atom is 0.243 e. The van der Waals surface area contributed by atoms with Crippen molar-refractivity contribution >= 4 is 27.6 Å². The fraction of sp³-hybridized carbons (Fsp3) is 0.414. The lowest BCUT2D eigenvalue weighted by atomic mass is 10.0. The first-order chi connectivity index (χ1) is 19.9. The highest BCUT2D eigenvalue weighted by molar-refractivity contribution is 7.93. The summed E-state index contributed by atoms with van der Waals surface area (Å²) in [6, 6.07) is 13.7. The molecule has 0 saturated heterocycles. The predicted octanol–water partition coefficient (Wildman–Crippen LogP) is 2.30. The van der Waals surface area contributed by atoms with Crippen molar-refractivity contribution in [1.82, 2.24) is 16.0 Å². The molecular formula is C29H39N7O5S. The predicted molar refractivity (Wildman–Crippen MR) is 161 cm³/mol. The summed E-state index contributed by atoms with van der Waals surface area (Å²) in [5.41, 5.74) is 17.2. The third-order valence-corrected chi connectivity index (χ3v) is 6.80. The monoisotopic (exact) mass is 597 g/mol. The molecule has 13 heteroatoms. The average molecular weight is 598 g/mol. The number of hydrogen-bond acceptors (Lipinski definition) is 7. The Labute approximate surface area is 246 Å². The zero-order valence-corrected chi connectivity index (χ0v) is 24.9. The van der Waals surface area contributed by atoms with Gasteiger partial charge in [-0.25, -0.2) is 8.42 Å². The van der Waals surface area contributed by atoms with E-state index in [1.54, 1.807) is 24.3 Å². The molecule has 0 radical (unpaired) electrons. The Morgan fingerprint density at radius 3 is 2.14 bits per heavy atom. The van der Waals surface area contributed by atoms with E-state index in [9.17, 15) is 22.8 Å². The van der Waals surface area contributed by atoms with Crippen molar-refractivity contribution in [1.29, 1.82) is 0 Å². The van der Waals surface area contributed by atoms with Crippen LogP contribution < -0.4 is 21.7 Å². The smallest absolute Gasteiger partial charge is 0.243 e. The molecule has 226 valence electrons. The molecule has 0 aliphatic rings. The van der Waals surface area contributed by atoms with Crippen molar-refractivity contribution in [2.75, 3.05) is 12.8 Å². The lowest BCUT2D eigenvalue weighted by Crippen LogP contribution is -2.52. The first-order valence-electron chi connectivity index (χ1n) is 13.5. The molecule has 5 N–H and O–H groups in total. The highest BCUT2D eigenvalue weighted by atomic mass is 32.2. The Hall–Kier alpha value is -4.19. The lowest BCUT2D eigenvalue weighted by Gasteiger charge is -2.22. The van der Waals surface area contributed by atoms with Crippen LogP contribution in [0, 0.1) is 5.92 Å². The maximum absolute atomic E-state index is 13.0. The van der Waals surface area contributed by atoms with Gasteiger partial charge in [0, 0.05) is 23.1 Å². The Bertz CT molecular complexity index is 1370. The third kappa shape index (κ3) is 13.0. The fourth-order valence-corrected chi connectivity index (χ4v) is 4.55. The van der Waals surface area contributed by atoms with Crippen LogP contribution in [0.1, 0.15) is 37.0 Å². The zero-order chi connectivity index (χ0) is 31.1. The molecule has 0 aliphatic carbocycles. The highest BCUT2D eigenvalue weighted by Crippen LogP contribution is 2.11. The van der Waals surface area contributed by atoms with Gasteiger partial charge in [-0.05, 0) is 47.4 Å². The Morgan fingerprint density at radius 1 is 0.952 bits per heavy atom. The van der Waals surface area contributed by atoms with E-state index in [2.05, 4.69) is 26.0 Å². The van der Waals surface area contributed by atoms with Crippen LogP contribution in [0.15, 0.2) is 71.2 Å². The van der Waals surface area contributed by atoms with Gasteiger partial charge in [-0.2, -0.15) is 0 Å². The first-order valence-corrected chi connectivity index (χ1v) is 15.5. The highest BCUT2D eigenvalue weighted by Gasteiger charge is 2.26. The molecule has 0 bridgehead atoms. The quantitative estimate of drug-likeness (QED) is 0.130. The molecule has 2 rings (SSSR count). The summed E-state index contributed by atoms with van der Waals surface area (Å²) in [5, 5.41) is 12.6. The molecule has 0 spiro atoms. The number of hydrogen-bond donors (Lipinski definition) is 4.